The van der Waals surface area contributed by atoms with E-state index in [1.54, 1.807) is 6.92 Å². The maximum atomic E-state index is 9.94. The maximum absolute atomic E-state index is 9.94. The summed E-state index contributed by atoms with van der Waals surface area (Å²) in [5, 5.41) is 0. The summed E-state index contributed by atoms with van der Waals surface area (Å²) in [6.07, 6.45) is 0.574. The molecule has 1 atom stereocenters. The molecule has 0 radical (unpaired) electrons. The molecule has 0 spiro atoms. The molecule has 0 saturated carbocycles. The second-order valence-electron chi connectivity index (χ2n) is 1.06. The van der Waals surface area contributed by atoms with E-state index in [1.807, 2.05) is 0 Å². The summed E-state index contributed by atoms with van der Waals surface area (Å²) in [7, 11) is -3.85. The summed E-state index contributed by atoms with van der Waals surface area (Å²) in [5.74, 6) is 0. The third-order valence-electron chi connectivity index (χ3n) is 0.364. The average Bonchev–Trinajstić information content (AvgIpc) is 1.30. The first-order chi connectivity index (χ1) is 3.06. The second kappa shape index (κ2) is 12.6. The summed E-state index contributed by atoms with van der Waals surface area (Å²) in [5.41, 5.74) is 0. The standard InChI is InChI=1S/C2H8O3P2.3Na.3H/c1-2-6-7(3,4)5;;;;;;/h6H,2H2,1H3,(H2,3,4,5);;;;;;. The van der Waals surface area contributed by atoms with Crippen molar-refractivity contribution in [3.05, 3.63) is 0 Å². The predicted octanol–water partition coefficient (Wildman–Crippen LogP) is -1.17. The summed E-state index contributed by atoms with van der Waals surface area (Å²) in [4.78, 5) is 16.3. The van der Waals surface area contributed by atoms with E-state index in [2.05, 4.69) is 0 Å². The molecule has 0 aliphatic carbocycles. The Balaban J connectivity index is -0.0000000600. The van der Waals surface area contributed by atoms with Crippen molar-refractivity contribution in [1.29, 1.82) is 0 Å². The van der Waals surface area contributed by atoms with Gasteiger partial charge in [0.1, 0.15) is 0 Å². The summed E-state index contributed by atoms with van der Waals surface area (Å²) in [6.45, 7) is 1.75. The third-order valence-corrected chi connectivity index (χ3v) is 3.28. The molecule has 1 unspecified atom stereocenters. The Hall–Kier alpha value is 3.58. The molecule has 0 aliphatic rings. The van der Waals surface area contributed by atoms with Crippen LogP contribution >= 0.6 is 15.6 Å². The van der Waals surface area contributed by atoms with Gasteiger partial charge in [0.05, 0.1) is 0 Å². The average molecular weight is 214 g/mol. The van der Waals surface area contributed by atoms with Gasteiger partial charge in [-0.15, -0.1) is 0 Å². The summed E-state index contributed by atoms with van der Waals surface area (Å²) >= 11 is 0. The molecule has 0 heterocycles. The fourth-order valence-corrected chi connectivity index (χ4v) is 1.85. The molecule has 8 heteroatoms. The molecule has 0 aromatic heterocycles. The van der Waals surface area contributed by atoms with Crippen LogP contribution in [-0.4, -0.2) is 105 Å². The Bertz CT molecular complexity index is 93.7. The molecule has 0 fully saturated rings. The van der Waals surface area contributed by atoms with Gasteiger partial charge in [-0.1, -0.05) is 6.92 Å². The van der Waals surface area contributed by atoms with Gasteiger partial charge in [0.15, 0.2) is 0 Å². The van der Waals surface area contributed by atoms with E-state index in [9.17, 15) is 4.57 Å². The molecule has 10 heavy (non-hydrogen) atoms. The monoisotopic (exact) mass is 214 g/mol. The van der Waals surface area contributed by atoms with Crippen molar-refractivity contribution in [2.75, 3.05) is 6.16 Å². The Morgan fingerprint density at radius 1 is 1.30 bits per heavy atom. The van der Waals surface area contributed by atoms with Crippen LogP contribution in [0.5, 0.6) is 0 Å². The van der Waals surface area contributed by atoms with Crippen LogP contribution in [-0.2, 0) is 4.57 Å². The van der Waals surface area contributed by atoms with Crippen LogP contribution < -0.4 is 0 Å². The zero-order chi connectivity index (χ0) is 5.91. The molecule has 2 N–H and O–H groups in total. The number of hydrogen-bond donors (Lipinski definition) is 2. The summed E-state index contributed by atoms with van der Waals surface area (Å²) in [6, 6.07) is 0. The van der Waals surface area contributed by atoms with E-state index in [4.69, 9.17) is 9.79 Å². The Kier molecular flexibility index (Phi) is 29.5. The molecule has 0 rings (SSSR count). The van der Waals surface area contributed by atoms with Crippen molar-refractivity contribution in [1.82, 2.24) is 0 Å². The van der Waals surface area contributed by atoms with Gasteiger partial charge in [0, 0.05) is 8.27 Å². The molecule has 50 valence electrons. The Morgan fingerprint density at radius 3 is 1.60 bits per heavy atom. The van der Waals surface area contributed by atoms with Gasteiger partial charge in [-0.05, 0) is 6.16 Å². The van der Waals surface area contributed by atoms with Crippen LogP contribution in [0.1, 0.15) is 6.92 Å². The van der Waals surface area contributed by atoms with E-state index in [0.717, 1.165) is 0 Å². The van der Waals surface area contributed by atoms with Gasteiger partial charge in [0.25, 0.3) is 0 Å². The first-order valence-electron chi connectivity index (χ1n) is 1.87. The zero-order valence-electron chi connectivity index (χ0n) is 3.96. The van der Waals surface area contributed by atoms with Crippen molar-refractivity contribution in [2.24, 2.45) is 0 Å². The Morgan fingerprint density at radius 2 is 1.60 bits per heavy atom. The first kappa shape index (κ1) is 23.4. The van der Waals surface area contributed by atoms with Crippen LogP contribution in [0, 0.1) is 0 Å². The first-order valence-corrected chi connectivity index (χ1v) is 5.53. The van der Waals surface area contributed by atoms with Crippen LogP contribution in [0.2, 0.25) is 0 Å². The normalized spacial score (nSPS) is 9.50. The van der Waals surface area contributed by atoms with E-state index < -0.39 is 7.28 Å². The van der Waals surface area contributed by atoms with Gasteiger partial charge in [0.2, 0.25) is 0 Å². The minimum atomic E-state index is -3.64. The topological polar surface area (TPSA) is 57.5 Å². The molecule has 0 saturated heterocycles. The van der Waals surface area contributed by atoms with Crippen LogP contribution in [0.4, 0.5) is 0 Å². The van der Waals surface area contributed by atoms with Gasteiger partial charge in [-0.2, -0.15) is 0 Å². The molecule has 0 amide bonds. The fraction of sp³-hybridized carbons (Fsp3) is 1.00. The van der Waals surface area contributed by atoms with E-state index in [-0.39, 0.29) is 96.9 Å². The van der Waals surface area contributed by atoms with Crippen molar-refractivity contribution < 1.29 is 14.4 Å². The minimum absolute atomic E-state index is 0. The molecule has 0 aromatic carbocycles. The zero-order valence-corrected chi connectivity index (χ0v) is 5.85. The number of rotatable bonds is 2. The number of hydrogen-bond acceptors (Lipinski definition) is 1. The van der Waals surface area contributed by atoms with Gasteiger partial charge in [-0.3, -0.25) is 4.57 Å². The SMILES string of the molecule is CCPP(=O)(O)O.[NaH].[NaH].[NaH]. The molecule has 0 aliphatic heterocycles. The van der Waals surface area contributed by atoms with E-state index in [0.29, 0.717) is 6.16 Å². The summed E-state index contributed by atoms with van der Waals surface area (Å²) < 4.78 is 9.94. The Labute approximate surface area is 129 Å². The third kappa shape index (κ3) is 22.6. The quantitative estimate of drug-likeness (QED) is 0.450. The van der Waals surface area contributed by atoms with Crippen molar-refractivity contribution >= 4 is 104 Å². The molecule has 3 nitrogen and oxygen atoms in total. The van der Waals surface area contributed by atoms with Gasteiger partial charge >= 0.3 is 96.0 Å². The van der Waals surface area contributed by atoms with Crippen LogP contribution in [0.25, 0.3) is 0 Å². The molecular formula is C2H11Na3O3P2. The van der Waals surface area contributed by atoms with E-state index in [1.165, 1.54) is 0 Å². The van der Waals surface area contributed by atoms with Crippen LogP contribution in [0.3, 0.4) is 0 Å². The van der Waals surface area contributed by atoms with Crippen molar-refractivity contribution in [2.45, 2.75) is 6.92 Å². The fourth-order valence-electron chi connectivity index (χ4n) is 0.206. The predicted molar refractivity (Wildman–Crippen MR) is 52.3 cm³/mol. The van der Waals surface area contributed by atoms with Gasteiger partial charge in [-0.25, -0.2) is 0 Å². The second-order valence-corrected chi connectivity index (χ2v) is 5.86. The van der Waals surface area contributed by atoms with Crippen molar-refractivity contribution in [3.63, 3.8) is 0 Å². The molecule has 0 bridgehead atoms. The van der Waals surface area contributed by atoms with Crippen molar-refractivity contribution in [3.8, 4) is 0 Å². The van der Waals surface area contributed by atoms with Crippen LogP contribution in [0.15, 0.2) is 0 Å². The molecule has 0 aromatic rings. The van der Waals surface area contributed by atoms with E-state index >= 15 is 0 Å². The molecular weight excluding hydrogens is 203 g/mol. The van der Waals surface area contributed by atoms with Gasteiger partial charge < -0.3 is 9.79 Å².